The van der Waals surface area contributed by atoms with Crippen LogP contribution in [0.5, 0.6) is 0 Å². The predicted molar refractivity (Wildman–Crippen MR) is 241 cm³/mol. The van der Waals surface area contributed by atoms with E-state index in [1.807, 2.05) is 54.7 Å². The maximum atomic E-state index is 13.1. The number of ether oxygens (including phenoxy) is 1. The van der Waals surface area contributed by atoms with Crippen molar-refractivity contribution in [1.82, 2.24) is 5.32 Å². The summed E-state index contributed by atoms with van der Waals surface area (Å²) in [4.78, 5) is 26.0. The second-order valence-corrected chi connectivity index (χ2v) is 15.2. The Bertz CT molecular complexity index is 1100. The first-order chi connectivity index (χ1) is 27.5. The van der Waals surface area contributed by atoms with Gasteiger partial charge in [0.1, 0.15) is 6.10 Å². The minimum Gasteiger partial charge on any atom is -0.462 e. The van der Waals surface area contributed by atoms with Gasteiger partial charge in [0.2, 0.25) is 5.91 Å². The van der Waals surface area contributed by atoms with Gasteiger partial charge in [0.25, 0.3) is 0 Å². The molecule has 3 unspecified atom stereocenters. The topological polar surface area (TPSA) is 95.9 Å². The molecule has 0 aliphatic heterocycles. The highest BCUT2D eigenvalue weighted by Gasteiger charge is 2.24. The molecule has 0 fully saturated rings. The summed E-state index contributed by atoms with van der Waals surface area (Å²) in [7, 11) is 0. The van der Waals surface area contributed by atoms with Crippen molar-refractivity contribution < 1.29 is 24.5 Å². The van der Waals surface area contributed by atoms with Crippen LogP contribution in [0.2, 0.25) is 0 Å². The van der Waals surface area contributed by atoms with Gasteiger partial charge >= 0.3 is 5.97 Å². The standard InChI is InChI=1S/C50H85NO5/c1-4-7-10-13-16-19-21-22-23-24-25-26-28-31-34-37-40-43-50(55)56-46(41-38-35-32-30-27-20-17-14-11-8-5-2)44-49(54)51-47(45-52)48(53)42-39-36-33-29-18-15-12-9-6-3/h7,10,13,16,19,21-26,28,30,32,46-48,52-53H,4-6,8-9,11-12,14-15,17-18,20,27,29,31,33-45H2,1-3H3,(H,51,54)/b10-7-,16-13+,21-19+,23-22-,25-24+,28-26+,32-30-. The fraction of sp³-hybridized carbons (Fsp3) is 0.680. The van der Waals surface area contributed by atoms with Crippen LogP contribution in [0.3, 0.4) is 0 Å². The van der Waals surface area contributed by atoms with Crippen LogP contribution < -0.4 is 5.32 Å². The zero-order chi connectivity index (χ0) is 41.0. The van der Waals surface area contributed by atoms with Crippen molar-refractivity contribution in [3.05, 3.63) is 85.1 Å². The molecule has 0 aliphatic carbocycles. The molecular formula is C50H85NO5. The molecule has 56 heavy (non-hydrogen) atoms. The minimum absolute atomic E-state index is 0.0337. The van der Waals surface area contributed by atoms with Crippen molar-refractivity contribution in [3.63, 3.8) is 0 Å². The summed E-state index contributed by atoms with van der Waals surface area (Å²) in [6.07, 6.45) is 55.0. The molecule has 3 atom stereocenters. The summed E-state index contributed by atoms with van der Waals surface area (Å²) in [5.74, 6) is -0.565. The zero-order valence-corrected chi connectivity index (χ0v) is 36.2. The molecule has 1 amide bonds. The number of aliphatic hydroxyl groups excluding tert-OH is 2. The summed E-state index contributed by atoms with van der Waals surface area (Å²) < 4.78 is 5.86. The molecule has 6 heteroatoms. The molecule has 3 N–H and O–H groups in total. The van der Waals surface area contributed by atoms with Gasteiger partial charge in [0.15, 0.2) is 0 Å². The van der Waals surface area contributed by atoms with Crippen molar-refractivity contribution >= 4 is 11.9 Å². The highest BCUT2D eigenvalue weighted by molar-refractivity contribution is 5.77. The molecule has 0 spiro atoms. The second kappa shape index (κ2) is 43.2. The molecule has 0 bridgehead atoms. The van der Waals surface area contributed by atoms with E-state index >= 15 is 0 Å². The Labute approximate surface area is 344 Å². The fourth-order valence-electron chi connectivity index (χ4n) is 6.40. The first-order valence-electron chi connectivity index (χ1n) is 22.9. The van der Waals surface area contributed by atoms with Gasteiger partial charge in [0, 0.05) is 6.42 Å². The lowest BCUT2D eigenvalue weighted by Gasteiger charge is -2.24. The SMILES string of the molecule is CC\C=C/C=C/C=C/C=C\C=C\C=C\CCCCCC(=O)OC(CCC/C=C\CCCCCCCC)CC(=O)NC(CO)C(O)CCCCCCCCCCC. The molecule has 0 aromatic rings. The Kier molecular flexibility index (Phi) is 40.9. The van der Waals surface area contributed by atoms with Crippen LogP contribution in [0.4, 0.5) is 0 Å². The van der Waals surface area contributed by atoms with Crippen LogP contribution in [-0.2, 0) is 14.3 Å². The lowest BCUT2D eigenvalue weighted by molar-refractivity contribution is -0.151. The summed E-state index contributed by atoms with van der Waals surface area (Å²) >= 11 is 0. The van der Waals surface area contributed by atoms with Crippen LogP contribution in [0, 0.1) is 0 Å². The fourth-order valence-corrected chi connectivity index (χ4v) is 6.40. The van der Waals surface area contributed by atoms with Crippen LogP contribution in [0.15, 0.2) is 85.1 Å². The van der Waals surface area contributed by atoms with Gasteiger partial charge in [-0.05, 0) is 64.2 Å². The van der Waals surface area contributed by atoms with Crippen molar-refractivity contribution in [3.8, 4) is 0 Å². The maximum Gasteiger partial charge on any atom is 0.306 e. The number of hydrogen-bond donors (Lipinski definition) is 3. The van der Waals surface area contributed by atoms with Crippen molar-refractivity contribution in [2.24, 2.45) is 0 Å². The van der Waals surface area contributed by atoms with E-state index in [2.05, 4.69) is 56.5 Å². The molecule has 0 saturated carbocycles. The summed E-state index contributed by atoms with van der Waals surface area (Å²) in [5, 5.41) is 23.6. The van der Waals surface area contributed by atoms with Crippen molar-refractivity contribution in [2.45, 2.75) is 212 Å². The molecule has 320 valence electrons. The monoisotopic (exact) mass is 780 g/mol. The molecule has 6 nitrogen and oxygen atoms in total. The number of unbranched alkanes of at least 4 members (excludes halogenated alkanes) is 18. The Balaban J connectivity index is 4.72. The van der Waals surface area contributed by atoms with Gasteiger partial charge in [-0.25, -0.2) is 0 Å². The van der Waals surface area contributed by atoms with E-state index < -0.39 is 18.2 Å². The molecule has 0 heterocycles. The number of hydrogen-bond acceptors (Lipinski definition) is 5. The van der Waals surface area contributed by atoms with E-state index in [0.717, 1.165) is 70.6 Å². The van der Waals surface area contributed by atoms with Crippen molar-refractivity contribution in [1.29, 1.82) is 0 Å². The molecule has 0 saturated heterocycles. The number of allylic oxidation sites excluding steroid dienone is 14. The van der Waals surface area contributed by atoms with E-state index in [1.165, 1.54) is 77.0 Å². The number of esters is 1. The maximum absolute atomic E-state index is 13.1. The number of rotatable bonds is 39. The normalized spacial score (nSPS) is 14.2. The lowest BCUT2D eigenvalue weighted by Crippen LogP contribution is -2.46. The van der Waals surface area contributed by atoms with Crippen LogP contribution in [-0.4, -0.2) is 46.9 Å². The van der Waals surface area contributed by atoms with Gasteiger partial charge in [-0.3, -0.25) is 9.59 Å². The molecule has 0 radical (unpaired) electrons. The van der Waals surface area contributed by atoms with Gasteiger partial charge in [-0.1, -0.05) is 202 Å². The van der Waals surface area contributed by atoms with Gasteiger partial charge in [0.05, 0.1) is 25.2 Å². The average Bonchev–Trinajstić information content (AvgIpc) is 3.19. The molecule has 0 aromatic heterocycles. The van der Waals surface area contributed by atoms with Gasteiger partial charge < -0.3 is 20.3 Å². The number of carbonyl (C=O) groups excluding carboxylic acids is 2. The van der Waals surface area contributed by atoms with E-state index in [4.69, 9.17) is 4.74 Å². The van der Waals surface area contributed by atoms with Gasteiger partial charge in [-0.2, -0.15) is 0 Å². The van der Waals surface area contributed by atoms with Crippen LogP contribution in [0.25, 0.3) is 0 Å². The van der Waals surface area contributed by atoms with Crippen molar-refractivity contribution in [2.75, 3.05) is 6.61 Å². The quantitative estimate of drug-likeness (QED) is 0.0250. The van der Waals surface area contributed by atoms with E-state index in [9.17, 15) is 19.8 Å². The highest BCUT2D eigenvalue weighted by Crippen LogP contribution is 2.16. The third-order valence-corrected chi connectivity index (χ3v) is 9.87. The number of amides is 1. The Hall–Kier alpha value is -2.96. The predicted octanol–water partition coefficient (Wildman–Crippen LogP) is 13.2. The zero-order valence-electron chi connectivity index (χ0n) is 36.2. The molecule has 0 rings (SSSR count). The van der Waals surface area contributed by atoms with E-state index in [0.29, 0.717) is 19.3 Å². The molecular weight excluding hydrogens is 695 g/mol. The minimum atomic E-state index is -0.804. The van der Waals surface area contributed by atoms with E-state index in [1.54, 1.807) is 0 Å². The molecule has 0 aliphatic rings. The summed E-state index contributed by atoms with van der Waals surface area (Å²) in [5.41, 5.74) is 0. The average molecular weight is 780 g/mol. The Morgan fingerprint density at radius 2 is 1.00 bits per heavy atom. The third-order valence-electron chi connectivity index (χ3n) is 9.87. The van der Waals surface area contributed by atoms with Crippen LogP contribution in [0.1, 0.15) is 194 Å². The van der Waals surface area contributed by atoms with E-state index in [-0.39, 0.29) is 24.9 Å². The smallest absolute Gasteiger partial charge is 0.306 e. The van der Waals surface area contributed by atoms with Crippen LogP contribution >= 0.6 is 0 Å². The lowest BCUT2D eigenvalue weighted by atomic mass is 10.0. The number of nitrogens with one attached hydrogen (secondary N) is 1. The first kappa shape index (κ1) is 53.0. The Morgan fingerprint density at radius 3 is 1.55 bits per heavy atom. The number of carbonyl (C=O) groups is 2. The molecule has 0 aromatic carbocycles. The van der Waals surface area contributed by atoms with Gasteiger partial charge in [-0.15, -0.1) is 0 Å². The largest absolute Gasteiger partial charge is 0.462 e. The summed E-state index contributed by atoms with van der Waals surface area (Å²) in [6.45, 7) is 6.26. The number of aliphatic hydroxyl groups is 2. The third kappa shape index (κ3) is 37.9. The highest BCUT2D eigenvalue weighted by atomic mass is 16.5. The second-order valence-electron chi connectivity index (χ2n) is 15.2. The first-order valence-corrected chi connectivity index (χ1v) is 22.9. The Morgan fingerprint density at radius 1 is 0.536 bits per heavy atom. The summed E-state index contributed by atoms with van der Waals surface area (Å²) in [6, 6.07) is -0.721.